The average molecular weight is 490 g/mol. The van der Waals surface area contributed by atoms with Crippen LogP contribution in [0.2, 0.25) is 5.02 Å². The number of hydrogen-bond acceptors (Lipinski definition) is 4. The Balaban J connectivity index is 1.82. The Kier molecular flexibility index (Phi) is 8.96. The minimum Gasteiger partial charge on any atom is -0.495 e. The van der Waals surface area contributed by atoms with Gasteiger partial charge in [0.25, 0.3) is 0 Å². The summed E-state index contributed by atoms with van der Waals surface area (Å²) in [5, 5.41) is 20.7. The smallest absolute Gasteiger partial charge is 0.307 e. The van der Waals surface area contributed by atoms with Gasteiger partial charge in [-0.2, -0.15) is 0 Å². The van der Waals surface area contributed by atoms with E-state index in [1.165, 1.54) is 26.4 Å². The fourth-order valence-corrected chi connectivity index (χ4v) is 4.36. The number of halogens is 2. The standard InChI is InChI=1S/C26H29ClFNO5/c1-33-22-13-20(14-23(34-2)25(22)27)26(32)19(7-3-5-17-6-4-8-21(28)11-17)16-29-10-9-18(15-29)12-24(30)31/h4,6,8-11,13-15,19,26,32H,3,5,7,12,16H2,1-2H3,(H,30,31)/t19-,26?/m1/s1. The van der Waals surface area contributed by atoms with E-state index in [4.69, 9.17) is 26.2 Å². The number of carboxylic acids is 1. The minimum atomic E-state index is -0.898. The molecule has 34 heavy (non-hydrogen) atoms. The summed E-state index contributed by atoms with van der Waals surface area (Å²) >= 11 is 6.29. The molecule has 1 unspecified atom stereocenters. The van der Waals surface area contributed by atoms with Gasteiger partial charge in [0.05, 0.1) is 26.7 Å². The van der Waals surface area contributed by atoms with E-state index in [0.29, 0.717) is 47.0 Å². The number of aryl methyl sites for hydroxylation is 1. The van der Waals surface area contributed by atoms with Gasteiger partial charge in [0.15, 0.2) is 0 Å². The minimum absolute atomic E-state index is 0.0641. The molecule has 0 aliphatic heterocycles. The van der Waals surface area contributed by atoms with Gasteiger partial charge in [-0.1, -0.05) is 23.7 Å². The molecule has 2 aromatic carbocycles. The number of benzene rings is 2. The number of rotatable bonds is 12. The maximum atomic E-state index is 13.5. The molecule has 1 aromatic heterocycles. The topological polar surface area (TPSA) is 80.9 Å². The van der Waals surface area contributed by atoms with Gasteiger partial charge >= 0.3 is 5.97 Å². The normalized spacial score (nSPS) is 12.9. The number of carbonyl (C=O) groups is 1. The van der Waals surface area contributed by atoms with Gasteiger partial charge in [-0.05, 0) is 66.3 Å². The molecular weight excluding hydrogens is 461 g/mol. The Morgan fingerprint density at radius 3 is 2.44 bits per heavy atom. The van der Waals surface area contributed by atoms with Crippen LogP contribution in [-0.2, 0) is 24.2 Å². The van der Waals surface area contributed by atoms with E-state index < -0.39 is 12.1 Å². The summed E-state index contributed by atoms with van der Waals surface area (Å²) in [5.41, 5.74) is 2.19. The average Bonchev–Trinajstić information content (AvgIpc) is 3.24. The summed E-state index contributed by atoms with van der Waals surface area (Å²) in [6.07, 6.45) is 4.72. The quantitative estimate of drug-likeness (QED) is 0.361. The SMILES string of the molecule is COc1cc(C(O)[C@H](CCCc2cccc(F)c2)Cn2ccc(CC(=O)O)c2)cc(OC)c1Cl. The van der Waals surface area contributed by atoms with Crippen molar-refractivity contribution in [2.24, 2.45) is 5.92 Å². The molecule has 182 valence electrons. The molecule has 0 radical (unpaired) electrons. The Morgan fingerprint density at radius 2 is 1.82 bits per heavy atom. The van der Waals surface area contributed by atoms with E-state index in [9.17, 15) is 14.3 Å². The monoisotopic (exact) mass is 489 g/mol. The number of nitrogens with zero attached hydrogens (tertiary/aromatic N) is 1. The molecule has 0 saturated carbocycles. The largest absolute Gasteiger partial charge is 0.495 e. The van der Waals surface area contributed by atoms with Crippen molar-refractivity contribution in [3.05, 3.63) is 82.4 Å². The predicted octanol–water partition coefficient (Wildman–Crippen LogP) is 5.30. The number of aromatic nitrogens is 1. The lowest BCUT2D eigenvalue weighted by Crippen LogP contribution is -2.19. The molecule has 0 aliphatic carbocycles. The lowest BCUT2D eigenvalue weighted by Gasteiger charge is -2.25. The Morgan fingerprint density at radius 1 is 1.12 bits per heavy atom. The van der Waals surface area contributed by atoms with Crippen LogP contribution < -0.4 is 9.47 Å². The summed E-state index contributed by atoms with van der Waals surface area (Å²) in [4.78, 5) is 11.0. The summed E-state index contributed by atoms with van der Waals surface area (Å²) in [6.45, 7) is 0.469. The zero-order valence-electron chi connectivity index (χ0n) is 19.2. The van der Waals surface area contributed by atoms with Gasteiger partial charge in [0, 0.05) is 24.9 Å². The van der Waals surface area contributed by atoms with E-state index in [1.807, 2.05) is 16.8 Å². The molecule has 0 fully saturated rings. The van der Waals surface area contributed by atoms with Crippen LogP contribution in [0.1, 0.15) is 35.6 Å². The molecule has 0 saturated heterocycles. The highest BCUT2D eigenvalue weighted by molar-refractivity contribution is 6.33. The Bertz CT molecular complexity index is 1090. The van der Waals surface area contributed by atoms with Crippen LogP contribution in [0.15, 0.2) is 54.9 Å². The summed E-state index contributed by atoms with van der Waals surface area (Å²) in [6, 6.07) is 11.7. The van der Waals surface area contributed by atoms with Crippen molar-refractivity contribution in [3.63, 3.8) is 0 Å². The second-order valence-electron chi connectivity index (χ2n) is 8.25. The van der Waals surface area contributed by atoms with Crippen LogP contribution in [0.25, 0.3) is 0 Å². The van der Waals surface area contributed by atoms with Crippen molar-refractivity contribution in [2.75, 3.05) is 14.2 Å². The van der Waals surface area contributed by atoms with Crippen molar-refractivity contribution in [3.8, 4) is 11.5 Å². The van der Waals surface area contributed by atoms with Crippen molar-refractivity contribution in [2.45, 2.75) is 38.3 Å². The summed E-state index contributed by atoms with van der Waals surface area (Å²) in [5.74, 6) is -0.580. The van der Waals surface area contributed by atoms with Crippen LogP contribution >= 0.6 is 11.6 Å². The highest BCUT2D eigenvalue weighted by atomic mass is 35.5. The van der Waals surface area contributed by atoms with Crippen molar-refractivity contribution in [1.82, 2.24) is 4.57 Å². The molecule has 3 aromatic rings. The van der Waals surface area contributed by atoms with Gasteiger partial charge in [-0.3, -0.25) is 4.79 Å². The molecule has 0 bridgehead atoms. The predicted molar refractivity (Wildman–Crippen MR) is 128 cm³/mol. The Labute approximate surface area is 203 Å². The van der Waals surface area contributed by atoms with Crippen LogP contribution in [-0.4, -0.2) is 35.0 Å². The molecule has 1 heterocycles. The van der Waals surface area contributed by atoms with Crippen LogP contribution in [0.3, 0.4) is 0 Å². The first-order chi connectivity index (χ1) is 16.3. The zero-order valence-corrected chi connectivity index (χ0v) is 20.0. The molecule has 0 amide bonds. The van der Waals surface area contributed by atoms with Gasteiger partial charge in [-0.15, -0.1) is 0 Å². The number of hydrogen-bond donors (Lipinski definition) is 2. The Hall–Kier alpha value is -3.03. The van der Waals surface area contributed by atoms with Crippen molar-refractivity contribution < 1.29 is 28.9 Å². The molecule has 2 N–H and O–H groups in total. The maximum Gasteiger partial charge on any atom is 0.307 e. The first-order valence-electron chi connectivity index (χ1n) is 11.0. The fraction of sp³-hybridized carbons (Fsp3) is 0.346. The van der Waals surface area contributed by atoms with E-state index in [1.54, 1.807) is 30.5 Å². The van der Waals surface area contributed by atoms with Crippen LogP contribution in [0.4, 0.5) is 4.39 Å². The third kappa shape index (κ3) is 6.74. The van der Waals surface area contributed by atoms with Crippen molar-refractivity contribution in [1.29, 1.82) is 0 Å². The molecule has 8 heteroatoms. The molecule has 0 spiro atoms. The van der Waals surface area contributed by atoms with E-state index in [0.717, 1.165) is 12.0 Å². The van der Waals surface area contributed by atoms with Gasteiger partial charge in [0.1, 0.15) is 22.3 Å². The maximum absolute atomic E-state index is 13.5. The summed E-state index contributed by atoms with van der Waals surface area (Å²) in [7, 11) is 2.99. The van der Waals surface area contributed by atoms with E-state index in [2.05, 4.69) is 0 Å². The number of aliphatic carboxylic acids is 1. The zero-order chi connectivity index (χ0) is 24.7. The third-order valence-corrected chi connectivity index (χ3v) is 6.17. The van der Waals surface area contributed by atoms with Gasteiger partial charge < -0.3 is 24.3 Å². The number of aliphatic hydroxyl groups excluding tert-OH is 1. The number of ether oxygens (including phenoxy) is 2. The molecular formula is C26H29ClFNO5. The van der Waals surface area contributed by atoms with Crippen LogP contribution in [0, 0.1) is 11.7 Å². The number of carboxylic acid groups (broad SMARTS) is 1. The van der Waals surface area contributed by atoms with Crippen molar-refractivity contribution >= 4 is 17.6 Å². The first-order valence-corrected chi connectivity index (χ1v) is 11.4. The summed E-state index contributed by atoms with van der Waals surface area (Å²) < 4.78 is 26.1. The van der Waals surface area contributed by atoms with E-state index in [-0.39, 0.29) is 18.2 Å². The number of aliphatic hydroxyl groups is 1. The second-order valence-corrected chi connectivity index (χ2v) is 8.63. The van der Waals surface area contributed by atoms with Gasteiger partial charge in [-0.25, -0.2) is 4.39 Å². The second kappa shape index (κ2) is 11.9. The lowest BCUT2D eigenvalue weighted by molar-refractivity contribution is -0.136. The van der Waals surface area contributed by atoms with Gasteiger partial charge in [0.2, 0.25) is 0 Å². The molecule has 2 atom stereocenters. The highest BCUT2D eigenvalue weighted by Crippen LogP contribution is 2.39. The van der Waals surface area contributed by atoms with Crippen LogP contribution in [0.5, 0.6) is 11.5 Å². The fourth-order valence-electron chi connectivity index (χ4n) is 4.10. The third-order valence-electron chi connectivity index (χ3n) is 5.80. The highest BCUT2D eigenvalue weighted by Gasteiger charge is 2.24. The molecule has 0 aliphatic rings. The first kappa shape index (κ1) is 25.6. The molecule has 6 nitrogen and oxygen atoms in total. The number of methoxy groups -OCH3 is 2. The molecule has 3 rings (SSSR count). The lowest BCUT2D eigenvalue weighted by atomic mass is 9.89. The van der Waals surface area contributed by atoms with E-state index >= 15 is 0 Å².